The van der Waals surface area contributed by atoms with E-state index in [0.717, 1.165) is 0 Å². The van der Waals surface area contributed by atoms with Crippen LogP contribution in [-0.2, 0) is 0 Å². The Balaban J connectivity index is 1.44. The van der Waals surface area contributed by atoms with E-state index >= 15 is 0 Å². The molecule has 1 aliphatic heterocycles. The van der Waals surface area contributed by atoms with E-state index < -0.39 is 0 Å². The molecule has 1 aliphatic rings. The van der Waals surface area contributed by atoms with Gasteiger partial charge in [-0.05, 0) is 18.2 Å². The van der Waals surface area contributed by atoms with Crippen LogP contribution in [0.2, 0.25) is 10.0 Å². The second-order valence-corrected chi connectivity index (χ2v) is 6.48. The average molecular weight is 376 g/mol. The summed E-state index contributed by atoms with van der Waals surface area (Å²) in [5, 5.41) is 4.77. The van der Waals surface area contributed by atoms with Gasteiger partial charge in [-0.1, -0.05) is 28.4 Å². The summed E-state index contributed by atoms with van der Waals surface area (Å²) in [5.74, 6) is 0.731. The van der Waals surface area contributed by atoms with Gasteiger partial charge in [-0.15, -0.1) is 0 Å². The van der Waals surface area contributed by atoms with Crippen LogP contribution in [0, 0.1) is 0 Å². The molecule has 4 rings (SSSR count). The number of amides is 1. The fourth-order valence-electron chi connectivity index (χ4n) is 2.58. The Hall–Kier alpha value is -2.51. The Morgan fingerprint density at radius 1 is 1.16 bits per heavy atom. The normalized spacial score (nSPS) is 14.4. The minimum absolute atomic E-state index is 0.00322. The molecular weight excluding hydrogens is 365 g/mol. The van der Waals surface area contributed by atoms with Gasteiger partial charge in [0, 0.05) is 41.1 Å². The van der Waals surface area contributed by atoms with Gasteiger partial charge in [-0.2, -0.15) is 4.98 Å². The van der Waals surface area contributed by atoms with Gasteiger partial charge in [-0.3, -0.25) is 9.78 Å². The number of aromatic nitrogens is 4. The van der Waals surface area contributed by atoms with Crippen LogP contribution in [0.4, 0.5) is 0 Å². The Morgan fingerprint density at radius 3 is 2.60 bits per heavy atom. The third kappa shape index (κ3) is 3.20. The molecule has 0 unspecified atom stereocenters. The molecule has 1 amide bonds. The summed E-state index contributed by atoms with van der Waals surface area (Å²) >= 11 is 11.9. The van der Waals surface area contributed by atoms with Crippen LogP contribution in [0.3, 0.4) is 0 Å². The second-order valence-electron chi connectivity index (χ2n) is 5.61. The third-order valence-corrected chi connectivity index (χ3v) is 4.30. The number of carbonyl (C=O) groups excluding carboxylic acids is 1. The molecule has 0 spiro atoms. The first kappa shape index (κ1) is 16.0. The maximum Gasteiger partial charge on any atom is 0.254 e. The van der Waals surface area contributed by atoms with Gasteiger partial charge in [0.05, 0.1) is 12.1 Å². The highest BCUT2D eigenvalue weighted by atomic mass is 35.5. The van der Waals surface area contributed by atoms with Crippen LogP contribution in [0.15, 0.2) is 41.3 Å². The predicted octanol–water partition coefficient (Wildman–Crippen LogP) is 3.07. The number of hydrogen-bond acceptors (Lipinski definition) is 6. The Bertz CT molecular complexity index is 905. The molecule has 1 saturated heterocycles. The van der Waals surface area contributed by atoms with Crippen molar-refractivity contribution in [2.75, 3.05) is 13.1 Å². The molecular formula is C16H11Cl2N5O2. The van der Waals surface area contributed by atoms with Crippen molar-refractivity contribution in [2.24, 2.45) is 0 Å². The maximum absolute atomic E-state index is 12.5. The first-order valence-electron chi connectivity index (χ1n) is 7.45. The standard InChI is InChI=1S/C16H11Cl2N5O2/c17-11-3-9(4-12(18)5-11)16(24)23-7-10(8-23)15-21-14(22-25-15)13-6-19-1-2-20-13/h1-6,10H,7-8H2. The minimum Gasteiger partial charge on any atom is -0.338 e. The second kappa shape index (κ2) is 6.42. The highest BCUT2D eigenvalue weighted by Gasteiger charge is 2.36. The first-order chi connectivity index (χ1) is 12.1. The zero-order valence-electron chi connectivity index (χ0n) is 12.8. The van der Waals surface area contributed by atoms with Crippen molar-refractivity contribution < 1.29 is 9.32 Å². The van der Waals surface area contributed by atoms with Crippen LogP contribution in [0.5, 0.6) is 0 Å². The lowest BCUT2D eigenvalue weighted by molar-refractivity contribution is 0.0569. The molecule has 1 fully saturated rings. The van der Waals surface area contributed by atoms with Crippen LogP contribution in [-0.4, -0.2) is 44.0 Å². The minimum atomic E-state index is -0.130. The van der Waals surface area contributed by atoms with Crippen molar-refractivity contribution in [3.63, 3.8) is 0 Å². The molecule has 2 aromatic heterocycles. The molecule has 0 atom stereocenters. The van der Waals surface area contributed by atoms with Crippen molar-refractivity contribution in [3.05, 3.63) is 58.3 Å². The molecule has 1 aromatic carbocycles. The summed E-state index contributed by atoms with van der Waals surface area (Å²) in [7, 11) is 0. The van der Waals surface area contributed by atoms with Gasteiger partial charge in [0.25, 0.3) is 5.91 Å². The van der Waals surface area contributed by atoms with Gasteiger partial charge in [0.1, 0.15) is 5.69 Å². The number of likely N-dealkylation sites (tertiary alicyclic amines) is 1. The lowest BCUT2D eigenvalue weighted by atomic mass is 9.99. The summed E-state index contributed by atoms with van der Waals surface area (Å²) in [6.07, 6.45) is 4.70. The maximum atomic E-state index is 12.5. The van der Waals surface area contributed by atoms with Gasteiger partial charge >= 0.3 is 0 Å². The molecule has 0 saturated carbocycles. The van der Waals surface area contributed by atoms with E-state index in [9.17, 15) is 4.79 Å². The van der Waals surface area contributed by atoms with Crippen molar-refractivity contribution >= 4 is 29.1 Å². The van der Waals surface area contributed by atoms with Gasteiger partial charge < -0.3 is 9.42 Å². The quantitative estimate of drug-likeness (QED) is 0.699. The van der Waals surface area contributed by atoms with E-state index in [1.54, 1.807) is 41.7 Å². The molecule has 3 aromatic rings. The Labute approximate surface area is 152 Å². The number of benzene rings is 1. The molecule has 7 nitrogen and oxygen atoms in total. The van der Waals surface area contributed by atoms with Crippen molar-refractivity contribution in [3.8, 4) is 11.5 Å². The first-order valence-corrected chi connectivity index (χ1v) is 8.21. The topological polar surface area (TPSA) is 85.0 Å². The SMILES string of the molecule is O=C(c1cc(Cl)cc(Cl)c1)N1CC(c2nc(-c3cnccn3)no2)C1. The number of rotatable bonds is 3. The lowest BCUT2D eigenvalue weighted by Gasteiger charge is -2.37. The zero-order valence-corrected chi connectivity index (χ0v) is 14.3. The molecule has 0 bridgehead atoms. The van der Waals surface area contributed by atoms with Crippen molar-refractivity contribution in [1.82, 2.24) is 25.0 Å². The third-order valence-electron chi connectivity index (χ3n) is 3.86. The summed E-state index contributed by atoms with van der Waals surface area (Å²) in [6.45, 7) is 0.982. The van der Waals surface area contributed by atoms with Crippen molar-refractivity contribution in [1.29, 1.82) is 0 Å². The Morgan fingerprint density at radius 2 is 1.92 bits per heavy atom. The molecule has 126 valence electrons. The number of nitrogens with zero attached hydrogens (tertiary/aromatic N) is 5. The van der Waals surface area contributed by atoms with Gasteiger partial charge in [0.15, 0.2) is 0 Å². The highest BCUT2D eigenvalue weighted by Crippen LogP contribution is 2.29. The number of carbonyl (C=O) groups is 1. The van der Waals surface area contributed by atoms with E-state index in [2.05, 4.69) is 20.1 Å². The monoisotopic (exact) mass is 375 g/mol. The Kier molecular flexibility index (Phi) is 4.10. The fourth-order valence-corrected chi connectivity index (χ4v) is 3.11. The van der Waals surface area contributed by atoms with E-state index in [0.29, 0.717) is 46.1 Å². The zero-order chi connectivity index (χ0) is 17.4. The lowest BCUT2D eigenvalue weighted by Crippen LogP contribution is -2.48. The average Bonchev–Trinajstić information content (AvgIpc) is 3.03. The van der Waals surface area contributed by atoms with E-state index in [1.165, 1.54) is 0 Å². The summed E-state index contributed by atoms with van der Waals surface area (Å²) in [6, 6.07) is 4.79. The van der Waals surface area contributed by atoms with Gasteiger partial charge in [0.2, 0.25) is 11.7 Å². The van der Waals surface area contributed by atoms with E-state index in [1.807, 2.05) is 0 Å². The predicted molar refractivity (Wildman–Crippen MR) is 90.4 cm³/mol. The number of hydrogen-bond donors (Lipinski definition) is 0. The summed E-state index contributed by atoms with van der Waals surface area (Å²) in [5.41, 5.74) is 1.00. The molecule has 0 N–H and O–H groups in total. The van der Waals surface area contributed by atoms with E-state index in [4.69, 9.17) is 27.7 Å². The molecule has 0 radical (unpaired) electrons. The molecule has 0 aliphatic carbocycles. The summed E-state index contributed by atoms with van der Waals surface area (Å²) in [4.78, 5) is 26.6. The molecule has 9 heteroatoms. The van der Waals surface area contributed by atoms with Crippen LogP contribution >= 0.6 is 23.2 Å². The van der Waals surface area contributed by atoms with Crippen LogP contribution < -0.4 is 0 Å². The van der Waals surface area contributed by atoms with E-state index in [-0.39, 0.29) is 11.8 Å². The summed E-state index contributed by atoms with van der Waals surface area (Å²) < 4.78 is 5.29. The highest BCUT2D eigenvalue weighted by molar-refractivity contribution is 6.35. The smallest absolute Gasteiger partial charge is 0.254 e. The van der Waals surface area contributed by atoms with Gasteiger partial charge in [-0.25, -0.2) is 4.98 Å². The molecule has 3 heterocycles. The number of halogens is 2. The van der Waals surface area contributed by atoms with Crippen molar-refractivity contribution in [2.45, 2.75) is 5.92 Å². The largest absolute Gasteiger partial charge is 0.338 e. The fraction of sp³-hybridized carbons (Fsp3) is 0.188. The van der Waals surface area contributed by atoms with Crippen LogP contribution in [0.25, 0.3) is 11.5 Å². The molecule has 25 heavy (non-hydrogen) atoms. The van der Waals surface area contributed by atoms with Crippen LogP contribution in [0.1, 0.15) is 22.2 Å².